The molecule has 0 aliphatic heterocycles. The van der Waals surface area contributed by atoms with Gasteiger partial charge in [-0.3, -0.25) is 0 Å². The Hall–Kier alpha value is -2.72. The van der Waals surface area contributed by atoms with Crippen LogP contribution in [0.25, 0.3) is 0 Å². The van der Waals surface area contributed by atoms with Gasteiger partial charge in [-0.2, -0.15) is 0 Å². The number of nitrogens with zero attached hydrogens (tertiary/aromatic N) is 1. The van der Waals surface area contributed by atoms with Gasteiger partial charge in [-0.1, -0.05) is 0 Å². The summed E-state index contributed by atoms with van der Waals surface area (Å²) in [4.78, 5) is 40.7. The number of H-pyrrole nitrogens is 1. The van der Waals surface area contributed by atoms with E-state index in [2.05, 4.69) is 9.88 Å². The Morgan fingerprint density at radius 2 is 1.04 bits per heavy atom. The Bertz CT molecular complexity index is 447. The van der Waals surface area contributed by atoms with Crippen molar-refractivity contribution in [3.8, 4) is 0 Å². The molecule has 0 aromatic carbocycles. The standard InChI is InChI=1S/C7H10N2.2C2H2O4.Cr.2H2O/c1-9(2)7-3-5-8-6-4-7;2*3-1(4)2(5)6;;;/h3-6H,1-2H3;2*(H,3,4)(H,5,6);;2*1H2/q;;;+3;;/p-1. The number of carbonyl (C=O) groups is 4. The third kappa shape index (κ3) is 21.6. The predicted octanol–water partition coefficient (Wildman–Crippen LogP) is -8.31. The maximum Gasteiger partial charge on any atom is 3.00 e. The topological polar surface area (TPSA) is 244 Å². The molecule has 0 atom stereocenters. The molecule has 0 saturated heterocycles. The van der Waals surface area contributed by atoms with Crippen molar-refractivity contribution in [3.63, 3.8) is 0 Å². The van der Waals surface area contributed by atoms with Gasteiger partial charge >= 0.3 is 17.4 Å². The molecule has 1 aromatic heterocycles. The molecular formula is C11H17CrN2O10+2. The van der Waals surface area contributed by atoms with E-state index in [-0.39, 0.29) is 28.3 Å². The maximum atomic E-state index is 8.93. The van der Waals surface area contributed by atoms with Gasteiger partial charge in [0.1, 0.15) is 0 Å². The zero-order valence-electron chi connectivity index (χ0n) is 12.6. The molecule has 7 N–H and O–H groups in total. The molecule has 0 saturated carbocycles. The summed E-state index contributed by atoms with van der Waals surface area (Å²) in [5, 5.41) is 35.7. The zero-order valence-corrected chi connectivity index (χ0v) is 13.9. The van der Waals surface area contributed by atoms with Gasteiger partial charge in [0.2, 0.25) is 0 Å². The number of hydrogen-bond acceptors (Lipinski definition) is 9. The fourth-order valence-electron chi connectivity index (χ4n) is 0.676. The van der Waals surface area contributed by atoms with Gasteiger partial charge in [0.15, 0.2) is 12.4 Å². The number of hydrogen-bond donors (Lipinski definition) is 0. The predicted molar refractivity (Wildman–Crippen MR) is 67.1 cm³/mol. The summed E-state index contributed by atoms with van der Waals surface area (Å²) in [5.41, 5.74) is 1.22. The van der Waals surface area contributed by atoms with Crippen molar-refractivity contribution >= 4 is 29.6 Å². The van der Waals surface area contributed by atoms with Crippen LogP contribution in [0.2, 0.25) is 0 Å². The first-order valence-electron chi connectivity index (χ1n) is 5.07. The van der Waals surface area contributed by atoms with Crippen molar-refractivity contribution in [2.24, 2.45) is 0 Å². The van der Waals surface area contributed by atoms with Crippen LogP contribution in [0.15, 0.2) is 24.5 Å². The molecule has 24 heavy (non-hydrogen) atoms. The van der Waals surface area contributed by atoms with Crippen molar-refractivity contribution in [1.29, 1.82) is 0 Å². The van der Waals surface area contributed by atoms with Crippen molar-refractivity contribution in [1.82, 2.24) is 0 Å². The van der Waals surface area contributed by atoms with Gasteiger partial charge in [0.25, 0.3) is 0 Å². The summed E-state index contributed by atoms with van der Waals surface area (Å²) in [6.45, 7) is 0. The van der Waals surface area contributed by atoms with E-state index in [1.165, 1.54) is 5.69 Å². The van der Waals surface area contributed by atoms with Crippen LogP contribution in [0, 0.1) is 0 Å². The summed E-state index contributed by atoms with van der Waals surface area (Å²) >= 11 is 0. The monoisotopic (exact) mass is 389 g/mol. The molecular weight excluding hydrogens is 372 g/mol. The molecule has 0 unspecified atom stereocenters. The zero-order chi connectivity index (χ0) is 17.0. The minimum Gasteiger partial charge on any atom is -0.543 e. The third-order valence-corrected chi connectivity index (χ3v) is 1.55. The van der Waals surface area contributed by atoms with Crippen molar-refractivity contribution in [2.45, 2.75) is 0 Å². The van der Waals surface area contributed by atoms with Gasteiger partial charge in [0, 0.05) is 31.9 Å². The fraction of sp³-hybridized carbons (Fsp3) is 0.182. The minimum absolute atomic E-state index is 0. The van der Waals surface area contributed by atoms with Crippen molar-refractivity contribution in [3.05, 3.63) is 24.5 Å². The molecule has 135 valence electrons. The van der Waals surface area contributed by atoms with E-state index in [1.54, 1.807) is 0 Å². The first kappa shape index (κ1) is 33.0. The van der Waals surface area contributed by atoms with Crippen LogP contribution in [-0.2, 0) is 47.5 Å². The molecule has 1 heterocycles. The number of pyridine rings is 1. The third-order valence-electron chi connectivity index (χ3n) is 1.55. The maximum absolute atomic E-state index is 8.93. The van der Waals surface area contributed by atoms with Crippen LogP contribution >= 0.6 is 0 Å². The number of carboxylic acids is 4. The van der Waals surface area contributed by atoms with E-state index < -0.39 is 23.9 Å². The summed E-state index contributed by atoms with van der Waals surface area (Å²) in [6.07, 6.45) is 3.82. The number of aromatic nitrogens is 1. The van der Waals surface area contributed by atoms with Crippen molar-refractivity contribution < 1.29 is 72.9 Å². The van der Waals surface area contributed by atoms with Crippen LogP contribution in [0.5, 0.6) is 0 Å². The van der Waals surface area contributed by atoms with E-state index in [0.717, 1.165) is 0 Å². The molecule has 0 fully saturated rings. The number of rotatable bonds is 1. The van der Waals surface area contributed by atoms with E-state index in [1.807, 2.05) is 38.6 Å². The van der Waals surface area contributed by atoms with Crippen LogP contribution in [0.1, 0.15) is 0 Å². The summed E-state index contributed by atoms with van der Waals surface area (Å²) in [7, 11) is 4.05. The van der Waals surface area contributed by atoms with Gasteiger partial charge in [-0.25, -0.2) is 4.98 Å². The summed E-state index contributed by atoms with van der Waals surface area (Å²) < 4.78 is 0. The quantitative estimate of drug-likeness (QED) is 0.326. The molecule has 1 radical (unpaired) electrons. The second-order valence-corrected chi connectivity index (χ2v) is 3.30. The van der Waals surface area contributed by atoms with E-state index >= 15 is 0 Å². The average Bonchev–Trinajstić information content (AvgIpc) is 2.40. The fourth-order valence-corrected chi connectivity index (χ4v) is 0.676. The first-order valence-corrected chi connectivity index (χ1v) is 5.07. The number of anilines is 1. The first-order chi connectivity index (χ1) is 9.59. The molecule has 0 aliphatic carbocycles. The number of nitrogens with one attached hydrogen (secondary N) is 1. The summed E-state index contributed by atoms with van der Waals surface area (Å²) in [5.74, 6) is -8.74. The van der Waals surface area contributed by atoms with E-state index in [0.29, 0.717) is 0 Å². The average molecular weight is 389 g/mol. The Labute approximate surface area is 146 Å². The van der Waals surface area contributed by atoms with E-state index in [4.69, 9.17) is 39.6 Å². The molecule has 12 nitrogen and oxygen atoms in total. The van der Waals surface area contributed by atoms with Crippen LogP contribution in [-0.4, -0.2) is 38.0 Å². The van der Waals surface area contributed by atoms with E-state index in [9.17, 15) is 0 Å². The summed E-state index contributed by atoms with van der Waals surface area (Å²) in [6, 6.07) is 4.06. The Morgan fingerprint density at radius 1 is 0.792 bits per heavy atom. The molecule has 0 spiro atoms. The Balaban J connectivity index is -0.0000000732. The molecule has 1 rings (SSSR count). The molecule has 13 heteroatoms. The smallest absolute Gasteiger partial charge is 0.543 e. The van der Waals surface area contributed by atoms with Gasteiger partial charge in [-0.05, 0) is 0 Å². The van der Waals surface area contributed by atoms with Crippen molar-refractivity contribution in [2.75, 3.05) is 19.0 Å². The van der Waals surface area contributed by atoms with Crippen LogP contribution in [0.3, 0.4) is 0 Å². The molecule has 1 aromatic rings. The Kier molecular flexibility index (Phi) is 25.2. The van der Waals surface area contributed by atoms with Gasteiger partial charge in [0.05, 0.1) is 23.9 Å². The number of aromatic amines is 1. The number of carbonyl (C=O) groups excluding carboxylic acids is 4. The largest absolute Gasteiger partial charge is 3.00 e. The second-order valence-electron chi connectivity index (χ2n) is 3.30. The number of carboxylic acid groups (broad SMARTS) is 4. The number of aliphatic carboxylic acids is 4. The molecule has 0 aliphatic rings. The molecule has 0 amide bonds. The van der Waals surface area contributed by atoms with Crippen LogP contribution in [0.4, 0.5) is 5.69 Å². The van der Waals surface area contributed by atoms with Crippen LogP contribution < -0.4 is 30.3 Å². The van der Waals surface area contributed by atoms with Gasteiger partial charge in [-0.15, -0.1) is 0 Å². The normalized spacial score (nSPS) is 7.08. The Morgan fingerprint density at radius 3 is 1.17 bits per heavy atom. The second kappa shape index (κ2) is 18.3. The SMILES string of the molecule is CN(C)c1cc[nH+]cc1.O=C([O-])C(=O)[O-].O=C([O-])C(=O)[O-].[Cr+3].[OH3+].[OH3+]. The molecule has 0 bridgehead atoms. The minimum atomic E-state index is -2.19. The van der Waals surface area contributed by atoms with Gasteiger partial charge < -0.3 is 55.5 Å².